The van der Waals surface area contributed by atoms with Gasteiger partial charge in [0, 0.05) is 31.2 Å². The maximum Gasteiger partial charge on any atom is 0.246 e. The zero-order valence-corrected chi connectivity index (χ0v) is 26.4. The lowest BCUT2D eigenvalue weighted by Crippen LogP contribution is -2.61. The number of pyridine rings is 1. The molecule has 1 saturated heterocycles. The lowest BCUT2D eigenvalue weighted by Gasteiger charge is -2.39. The van der Waals surface area contributed by atoms with E-state index in [1.807, 2.05) is 20.8 Å². The number of benzene rings is 3. The van der Waals surface area contributed by atoms with Gasteiger partial charge in [-0.3, -0.25) is 9.78 Å². The Labute approximate surface area is 258 Å². The van der Waals surface area contributed by atoms with Gasteiger partial charge in [0.05, 0.1) is 23.1 Å². The quantitative estimate of drug-likeness (QED) is 0.302. The van der Waals surface area contributed by atoms with E-state index in [1.165, 1.54) is 24.4 Å². The molecule has 1 aliphatic rings. The first-order valence-electron chi connectivity index (χ1n) is 14.3. The van der Waals surface area contributed by atoms with Crippen molar-refractivity contribution in [1.29, 1.82) is 0 Å². The molecule has 2 atom stereocenters. The van der Waals surface area contributed by atoms with Crippen molar-refractivity contribution in [2.24, 2.45) is 0 Å². The third kappa shape index (κ3) is 6.26. The maximum atomic E-state index is 14.2. The number of hydrogen-bond acceptors (Lipinski definition) is 7. The van der Waals surface area contributed by atoms with Crippen molar-refractivity contribution in [3.8, 4) is 0 Å². The highest BCUT2D eigenvalue weighted by Gasteiger charge is 2.44. The Morgan fingerprint density at radius 1 is 0.909 bits per heavy atom. The average molecular weight is 637 g/mol. The standard InChI is InChI=1S/C32H36N4O6S2/c1-32(2,3)25-14-16-26(17-15-25)43(39,40)35-19-20-36(44(41,42)29-13-7-11-24-12-8-18-33-30(24)29)28(21-35)31(38)34-27(22-37)23-9-5-4-6-10-23/h4-18,27-28,37H,19-22H2,1-3H3,(H,34,38)/t27?,28-/m0/s1. The van der Waals surface area contributed by atoms with Gasteiger partial charge in [-0.05, 0) is 40.8 Å². The van der Waals surface area contributed by atoms with Crippen LogP contribution in [0.25, 0.3) is 10.9 Å². The number of fused-ring (bicyclic) bond motifs is 1. The average Bonchev–Trinajstić information content (AvgIpc) is 3.03. The Kier molecular flexibility index (Phi) is 8.92. The SMILES string of the molecule is CC(C)(C)c1ccc(S(=O)(=O)N2CCN(S(=O)(=O)c3cccc4cccnc34)[C@H](C(=O)NC(CO)c3ccccc3)C2)cc1. The molecule has 1 amide bonds. The molecule has 1 unspecified atom stereocenters. The smallest absolute Gasteiger partial charge is 0.246 e. The first kappa shape index (κ1) is 31.7. The van der Waals surface area contributed by atoms with Gasteiger partial charge in [-0.2, -0.15) is 8.61 Å². The van der Waals surface area contributed by atoms with Crippen molar-refractivity contribution in [1.82, 2.24) is 18.9 Å². The molecule has 12 heteroatoms. The molecule has 3 aromatic carbocycles. The second-order valence-electron chi connectivity index (χ2n) is 11.8. The minimum atomic E-state index is -4.32. The van der Waals surface area contributed by atoms with Gasteiger partial charge in [0.25, 0.3) is 0 Å². The first-order chi connectivity index (χ1) is 20.8. The lowest BCUT2D eigenvalue weighted by molar-refractivity contribution is -0.127. The number of aliphatic hydroxyl groups excluding tert-OH is 1. The van der Waals surface area contributed by atoms with Gasteiger partial charge in [-0.25, -0.2) is 16.8 Å². The van der Waals surface area contributed by atoms with Gasteiger partial charge in [0.15, 0.2) is 0 Å². The summed E-state index contributed by atoms with van der Waals surface area (Å²) in [5, 5.41) is 13.5. The Morgan fingerprint density at radius 3 is 2.25 bits per heavy atom. The van der Waals surface area contributed by atoms with Gasteiger partial charge < -0.3 is 10.4 Å². The summed E-state index contributed by atoms with van der Waals surface area (Å²) >= 11 is 0. The molecule has 1 aromatic heterocycles. The number of para-hydroxylation sites is 1. The number of sulfonamides is 2. The van der Waals surface area contributed by atoms with Crippen LogP contribution >= 0.6 is 0 Å². The van der Waals surface area contributed by atoms with E-state index in [9.17, 15) is 26.7 Å². The molecule has 0 radical (unpaired) electrons. The van der Waals surface area contributed by atoms with E-state index in [2.05, 4.69) is 10.3 Å². The van der Waals surface area contributed by atoms with E-state index in [0.29, 0.717) is 10.9 Å². The molecule has 0 aliphatic carbocycles. The van der Waals surface area contributed by atoms with Crippen LogP contribution in [-0.2, 0) is 30.3 Å². The van der Waals surface area contributed by atoms with E-state index < -0.39 is 51.2 Å². The Morgan fingerprint density at radius 2 is 1.59 bits per heavy atom. The van der Waals surface area contributed by atoms with E-state index in [4.69, 9.17) is 0 Å². The van der Waals surface area contributed by atoms with E-state index in [0.717, 1.165) is 14.2 Å². The molecular weight excluding hydrogens is 601 g/mol. The highest BCUT2D eigenvalue weighted by atomic mass is 32.2. The van der Waals surface area contributed by atoms with Crippen LogP contribution < -0.4 is 5.32 Å². The number of aliphatic hydroxyl groups is 1. The number of nitrogens with one attached hydrogen (secondary N) is 1. The third-order valence-corrected chi connectivity index (χ3v) is 11.7. The summed E-state index contributed by atoms with van der Waals surface area (Å²) in [5.74, 6) is -0.729. The minimum absolute atomic E-state index is 0.0525. The molecule has 2 heterocycles. The number of rotatable bonds is 8. The fourth-order valence-corrected chi connectivity index (χ4v) is 8.51. The topological polar surface area (TPSA) is 137 Å². The summed E-state index contributed by atoms with van der Waals surface area (Å²) in [6, 6.07) is 21.3. The van der Waals surface area contributed by atoms with Crippen LogP contribution in [0.1, 0.15) is 37.9 Å². The number of piperazine rings is 1. The molecule has 0 spiro atoms. The van der Waals surface area contributed by atoms with Gasteiger partial charge in [0.1, 0.15) is 10.9 Å². The van der Waals surface area contributed by atoms with Crippen molar-refractivity contribution < 1.29 is 26.7 Å². The van der Waals surface area contributed by atoms with Crippen LogP contribution in [0.2, 0.25) is 0 Å². The van der Waals surface area contributed by atoms with E-state index >= 15 is 0 Å². The van der Waals surface area contributed by atoms with Crippen molar-refractivity contribution in [2.45, 2.75) is 48.1 Å². The largest absolute Gasteiger partial charge is 0.394 e. The summed E-state index contributed by atoms with van der Waals surface area (Å²) in [7, 11) is -8.39. The Bertz CT molecular complexity index is 1850. The molecule has 44 heavy (non-hydrogen) atoms. The van der Waals surface area contributed by atoms with E-state index in [-0.39, 0.29) is 33.8 Å². The third-order valence-electron chi connectivity index (χ3n) is 7.84. The van der Waals surface area contributed by atoms with Crippen LogP contribution in [0.4, 0.5) is 0 Å². The highest BCUT2D eigenvalue weighted by molar-refractivity contribution is 7.89. The second kappa shape index (κ2) is 12.4. The van der Waals surface area contributed by atoms with Crippen LogP contribution in [0.5, 0.6) is 0 Å². The van der Waals surface area contributed by atoms with Gasteiger partial charge in [-0.1, -0.05) is 81.4 Å². The zero-order valence-electron chi connectivity index (χ0n) is 24.8. The van der Waals surface area contributed by atoms with Crippen molar-refractivity contribution >= 4 is 36.9 Å². The molecule has 10 nitrogen and oxygen atoms in total. The number of carbonyl (C=O) groups is 1. The molecule has 2 N–H and O–H groups in total. The summed E-state index contributed by atoms with van der Waals surface area (Å²) in [6.07, 6.45) is 1.49. The molecular formula is C32H36N4O6S2. The molecule has 1 fully saturated rings. The number of carbonyl (C=O) groups excluding carboxylic acids is 1. The molecule has 5 rings (SSSR count). The number of nitrogens with zero attached hydrogens (tertiary/aromatic N) is 3. The van der Waals surface area contributed by atoms with Crippen molar-refractivity contribution in [3.05, 3.63) is 102 Å². The Hall–Kier alpha value is -3.68. The first-order valence-corrected chi connectivity index (χ1v) is 17.1. The van der Waals surface area contributed by atoms with Crippen LogP contribution in [0.3, 0.4) is 0 Å². The number of hydrogen-bond donors (Lipinski definition) is 2. The fourth-order valence-electron chi connectivity index (χ4n) is 5.34. The highest BCUT2D eigenvalue weighted by Crippen LogP contribution is 2.30. The van der Waals surface area contributed by atoms with Gasteiger partial charge in [0.2, 0.25) is 26.0 Å². The molecule has 1 aliphatic heterocycles. The summed E-state index contributed by atoms with van der Waals surface area (Å²) in [4.78, 5) is 18.2. The minimum Gasteiger partial charge on any atom is -0.394 e. The molecule has 232 valence electrons. The molecule has 0 saturated carbocycles. The fraction of sp³-hybridized carbons (Fsp3) is 0.312. The summed E-state index contributed by atoms with van der Waals surface area (Å²) in [6.45, 7) is 4.80. The number of amides is 1. The molecule has 0 bridgehead atoms. The maximum absolute atomic E-state index is 14.2. The Balaban J connectivity index is 1.52. The van der Waals surface area contributed by atoms with Gasteiger partial charge in [-0.15, -0.1) is 0 Å². The summed E-state index contributed by atoms with van der Waals surface area (Å²) < 4.78 is 58.2. The normalized spacial score (nSPS) is 17.8. The monoisotopic (exact) mass is 636 g/mol. The van der Waals surface area contributed by atoms with Crippen LogP contribution in [0, 0.1) is 0 Å². The molecule has 4 aromatic rings. The van der Waals surface area contributed by atoms with Crippen molar-refractivity contribution in [2.75, 3.05) is 26.2 Å². The van der Waals surface area contributed by atoms with Crippen LogP contribution in [-0.4, -0.2) is 73.7 Å². The summed E-state index contributed by atoms with van der Waals surface area (Å²) in [5.41, 5.74) is 1.66. The second-order valence-corrected chi connectivity index (χ2v) is 15.6. The van der Waals surface area contributed by atoms with Crippen molar-refractivity contribution in [3.63, 3.8) is 0 Å². The van der Waals surface area contributed by atoms with Gasteiger partial charge >= 0.3 is 0 Å². The predicted molar refractivity (Wildman–Crippen MR) is 168 cm³/mol. The van der Waals surface area contributed by atoms with Crippen LogP contribution in [0.15, 0.2) is 101 Å². The predicted octanol–water partition coefficient (Wildman–Crippen LogP) is 3.45. The lowest BCUT2D eigenvalue weighted by atomic mass is 9.87. The zero-order chi connectivity index (χ0) is 31.7. The van der Waals surface area contributed by atoms with E-state index in [1.54, 1.807) is 66.7 Å². The number of aromatic nitrogens is 1.